The number of aromatic nitrogens is 1. The van der Waals surface area contributed by atoms with Gasteiger partial charge in [-0.3, -0.25) is 4.79 Å². The molecule has 20 heavy (non-hydrogen) atoms. The summed E-state index contributed by atoms with van der Waals surface area (Å²) in [7, 11) is 0. The Labute approximate surface area is 122 Å². The number of thiazole rings is 1. The summed E-state index contributed by atoms with van der Waals surface area (Å²) in [5.74, 6) is 0.195. The van der Waals surface area contributed by atoms with E-state index in [1.807, 2.05) is 34.5 Å². The lowest BCUT2D eigenvalue weighted by atomic mass is 10.1. The van der Waals surface area contributed by atoms with Crippen LogP contribution in [0.5, 0.6) is 0 Å². The molecule has 2 N–H and O–H groups in total. The number of hydrogen-bond donors (Lipinski definition) is 1. The van der Waals surface area contributed by atoms with E-state index >= 15 is 0 Å². The maximum Gasteiger partial charge on any atom is 0.229 e. The van der Waals surface area contributed by atoms with Crippen LogP contribution in [0.2, 0.25) is 0 Å². The Morgan fingerprint density at radius 1 is 1.25 bits per heavy atom. The van der Waals surface area contributed by atoms with Crippen LogP contribution >= 0.6 is 11.3 Å². The quantitative estimate of drug-likeness (QED) is 0.883. The molecule has 0 unspecified atom stereocenters. The maximum atomic E-state index is 12.1. The maximum absolute atomic E-state index is 12.1. The van der Waals surface area contributed by atoms with Gasteiger partial charge in [-0.25, -0.2) is 4.98 Å². The first-order chi connectivity index (χ1) is 9.72. The molecule has 0 radical (unpaired) electrons. The summed E-state index contributed by atoms with van der Waals surface area (Å²) >= 11 is 1.55. The molecular weight excluding hydrogens is 270 g/mol. The van der Waals surface area contributed by atoms with Crippen molar-refractivity contribution < 1.29 is 4.79 Å². The Kier molecular flexibility index (Phi) is 3.69. The number of nitrogens with two attached hydrogens (primary N) is 1. The van der Waals surface area contributed by atoms with Gasteiger partial charge in [0.2, 0.25) is 5.91 Å². The molecule has 2 aromatic rings. The molecule has 0 atom stereocenters. The summed E-state index contributed by atoms with van der Waals surface area (Å²) in [4.78, 5) is 18.6. The van der Waals surface area contributed by atoms with Crippen LogP contribution in [0.4, 0.5) is 5.69 Å². The molecule has 1 aromatic carbocycles. The summed E-state index contributed by atoms with van der Waals surface area (Å²) in [6.45, 7) is 1.80. The van der Waals surface area contributed by atoms with Crippen molar-refractivity contribution in [2.45, 2.75) is 19.3 Å². The highest BCUT2D eigenvalue weighted by atomic mass is 32.1. The molecule has 1 aliphatic rings. The first-order valence-electron chi connectivity index (χ1n) is 6.80. The lowest BCUT2D eigenvalue weighted by molar-refractivity contribution is -0.129. The smallest absolute Gasteiger partial charge is 0.229 e. The molecule has 2 heterocycles. The first-order valence-corrected chi connectivity index (χ1v) is 7.68. The highest BCUT2D eigenvalue weighted by Crippen LogP contribution is 2.23. The number of nitrogens with zero attached hydrogens (tertiary/aromatic N) is 2. The average molecular weight is 287 g/mol. The van der Waals surface area contributed by atoms with E-state index in [-0.39, 0.29) is 5.91 Å². The van der Waals surface area contributed by atoms with E-state index in [9.17, 15) is 4.79 Å². The van der Waals surface area contributed by atoms with Gasteiger partial charge in [-0.1, -0.05) is 12.1 Å². The largest absolute Gasteiger partial charge is 0.399 e. The van der Waals surface area contributed by atoms with Crippen LogP contribution in [0, 0.1) is 0 Å². The van der Waals surface area contributed by atoms with Gasteiger partial charge >= 0.3 is 0 Å². The molecule has 5 heteroatoms. The monoisotopic (exact) mass is 287 g/mol. The van der Waals surface area contributed by atoms with E-state index < -0.39 is 0 Å². The number of amides is 1. The number of hydrogen-bond acceptors (Lipinski definition) is 4. The van der Waals surface area contributed by atoms with Crippen LogP contribution < -0.4 is 5.73 Å². The van der Waals surface area contributed by atoms with Gasteiger partial charge in [0.15, 0.2) is 0 Å². The van der Waals surface area contributed by atoms with Crippen molar-refractivity contribution in [3.8, 4) is 11.3 Å². The number of likely N-dealkylation sites (tertiary alicyclic amines) is 1. The van der Waals surface area contributed by atoms with Crippen molar-refractivity contribution in [1.82, 2.24) is 9.88 Å². The molecule has 0 saturated carbocycles. The van der Waals surface area contributed by atoms with E-state index in [0.29, 0.717) is 6.42 Å². The predicted octanol–water partition coefficient (Wildman–Crippen LogP) is 2.56. The molecule has 0 aliphatic carbocycles. The minimum Gasteiger partial charge on any atom is -0.399 e. The minimum atomic E-state index is 0.195. The zero-order valence-corrected chi connectivity index (χ0v) is 12.0. The number of carbonyl (C=O) groups is 1. The van der Waals surface area contributed by atoms with Crippen LogP contribution in [0.1, 0.15) is 17.8 Å². The second kappa shape index (κ2) is 5.63. The third-order valence-corrected chi connectivity index (χ3v) is 4.37. The summed E-state index contributed by atoms with van der Waals surface area (Å²) in [5, 5.41) is 2.88. The Balaban J connectivity index is 1.70. The Morgan fingerprint density at radius 2 is 1.95 bits per heavy atom. The third-order valence-electron chi connectivity index (χ3n) is 3.52. The number of benzene rings is 1. The van der Waals surface area contributed by atoms with Crippen LogP contribution in [0.3, 0.4) is 0 Å². The fourth-order valence-corrected chi connectivity index (χ4v) is 3.18. The second-order valence-electron chi connectivity index (χ2n) is 5.01. The van der Waals surface area contributed by atoms with Gasteiger partial charge < -0.3 is 10.6 Å². The van der Waals surface area contributed by atoms with Crippen LogP contribution in [0.15, 0.2) is 29.6 Å². The normalized spacial score (nSPS) is 14.7. The highest BCUT2D eigenvalue weighted by Gasteiger charge is 2.19. The molecule has 1 amide bonds. The topological polar surface area (TPSA) is 59.2 Å². The number of nitrogen functional groups attached to an aromatic ring is 1. The zero-order chi connectivity index (χ0) is 13.9. The van der Waals surface area contributed by atoms with Crippen molar-refractivity contribution >= 4 is 22.9 Å². The molecular formula is C15H17N3OS. The Morgan fingerprint density at radius 3 is 2.65 bits per heavy atom. The second-order valence-corrected chi connectivity index (χ2v) is 5.96. The minimum absolute atomic E-state index is 0.195. The predicted molar refractivity (Wildman–Crippen MR) is 81.5 cm³/mol. The fourth-order valence-electron chi connectivity index (χ4n) is 2.39. The van der Waals surface area contributed by atoms with Crippen molar-refractivity contribution in [3.63, 3.8) is 0 Å². The van der Waals surface area contributed by atoms with Crippen LogP contribution in [0.25, 0.3) is 11.3 Å². The lowest BCUT2D eigenvalue weighted by Gasteiger charge is -2.13. The van der Waals surface area contributed by atoms with Gasteiger partial charge in [0.05, 0.1) is 12.1 Å². The molecule has 0 spiro atoms. The number of anilines is 1. The molecule has 1 aliphatic heterocycles. The molecule has 1 aromatic heterocycles. The molecule has 1 saturated heterocycles. The lowest BCUT2D eigenvalue weighted by Crippen LogP contribution is -2.28. The van der Waals surface area contributed by atoms with Gasteiger partial charge in [0.1, 0.15) is 5.01 Å². The summed E-state index contributed by atoms with van der Waals surface area (Å²) < 4.78 is 0. The standard InChI is InChI=1S/C15H17N3OS/c16-12-5-3-11(4-6-12)13-10-20-14(17-13)9-15(19)18-7-1-2-8-18/h3-6,10H,1-2,7-9,16H2. The molecule has 3 rings (SSSR count). The number of carbonyl (C=O) groups excluding carboxylic acids is 1. The molecule has 4 nitrogen and oxygen atoms in total. The Hall–Kier alpha value is -1.88. The summed E-state index contributed by atoms with van der Waals surface area (Å²) in [5.41, 5.74) is 8.37. The van der Waals surface area contributed by atoms with Gasteiger partial charge in [0.25, 0.3) is 0 Å². The fraction of sp³-hybridized carbons (Fsp3) is 0.333. The van der Waals surface area contributed by atoms with Crippen molar-refractivity contribution in [2.75, 3.05) is 18.8 Å². The van der Waals surface area contributed by atoms with Gasteiger partial charge in [-0.05, 0) is 25.0 Å². The van der Waals surface area contributed by atoms with Crippen LogP contribution in [-0.4, -0.2) is 28.9 Å². The zero-order valence-electron chi connectivity index (χ0n) is 11.2. The van der Waals surface area contributed by atoms with Crippen molar-refractivity contribution in [1.29, 1.82) is 0 Å². The third kappa shape index (κ3) is 2.82. The van der Waals surface area contributed by atoms with E-state index in [2.05, 4.69) is 4.98 Å². The summed E-state index contributed by atoms with van der Waals surface area (Å²) in [6, 6.07) is 7.64. The van der Waals surface area contributed by atoms with Gasteiger partial charge in [-0.2, -0.15) is 0 Å². The number of rotatable bonds is 3. The van der Waals surface area contributed by atoms with E-state index in [1.54, 1.807) is 11.3 Å². The van der Waals surface area contributed by atoms with Gasteiger partial charge in [-0.15, -0.1) is 11.3 Å². The average Bonchev–Trinajstić information content (AvgIpc) is 3.10. The van der Waals surface area contributed by atoms with Crippen molar-refractivity contribution in [3.05, 3.63) is 34.7 Å². The molecule has 1 fully saturated rings. The SMILES string of the molecule is Nc1ccc(-c2csc(CC(=O)N3CCCC3)n2)cc1. The molecule has 104 valence electrons. The van der Waals surface area contributed by atoms with Gasteiger partial charge in [0, 0.05) is 29.7 Å². The molecule has 0 bridgehead atoms. The first kappa shape index (κ1) is 13.1. The van der Waals surface area contributed by atoms with Crippen LogP contribution in [-0.2, 0) is 11.2 Å². The van der Waals surface area contributed by atoms with E-state index in [0.717, 1.165) is 47.9 Å². The summed E-state index contributed by atoms with van der Waals surface area (Å²) in [6.07, 6.45) is 2.67. The van der Waals surface area contributed by atoms with Crippen molar-refractivity contribution in [2.24, 2.45) is 0 Å². The van der Waals surface area contributed by atoms with E-state index in [4.69, 9.17) is 5.73 Å². The Bertz CT molecular complexity index is 600. The highest BCUT2D eigenvalue weighted by molar-refractivity contribution is 7.10. The van der Waals surface area contributed by atoms with E-state index in [1.165, 1.54) is 0 Å².